The van der Waals surface area contributed by atoms with Crippen molar-refractivity contribution in [2.24, 2.45) is 0 Å². The highest BCUT2D eigenvalue weighted by Crippen LogP contribution is 2.35. The first kappa shape index (κ1) is 28.7. The molecular formula is C34H47N5. The first-order valence-electron chi connectivity index (χ1n) is 14.0. The summed E-state index contributed by atoms with van der Waals surface area (Å²) in [6, 6.07) is 13.2. The highest BCUT2D eigenvalue weighted by atomic mass is 15.1. The number of pyridine rings is 2. The number of aromatic nitrogens is 4. The van der Waals surface area contributed by atoms with Crippen LogP contribution in [-0.2, 0) is 16.2 Å². The number of aryl methyl sites for hydroxylation is 1. The third kappa shape index (κ3) is 5.41. The van der Waals surface area contributed by atoms with Crippen LogP contribution < -0.4 is 4.90 Å². The van der Waals surface area contributed by atoms with Gasteiger partial charge in [-0.25, -0.2) is 9.97 Å². The van der Waals surface area contributed by atoms with Crippen molar-refractivity contribution in [3.05, 3.63) is 88.3 Å². The molecule has 0 unspecified atom stereocenters. The Balaban J connectivity index is 1.86. The van der Waals surface area contributed by atoms with Crippen LogP contribution in [-0.4, -0.2) is 33.2 Å². The normalized spacial score (nSPS) is 12.7. The lowest BCUT2D eigenvalue weighted by Gasteiger charge is -2.28. The molecule has 4 aromatic heterocycles. The predicted molar refractivity (Wildman–Crippen MR) is 165 cm³/mol. The summed E-state index contributed by atoms with van der Waals surface area (Å²) in [6.45, 7) is 24.6. The van der Waals surface area contributed by atoms with Crippen molar-refractivity contribution in [3.8, 4) is 11.6 Å². The second-order valence-electron chi connectivity index (χ2n) is 13.8. The predicted octanol–water partition coefficient (Wildman–Crippen LogP) is 7.97. The summed E-state index contributed by atoms with van der Waals surface area (Å²) in [6.07, 6.45) is 4.30. The molecule has 0 bridgehead atoms. The molecule has 0 aliphatic carbocycles. The van der Waals surface area contributed by atoms with Gasteiger partial charge in [-0.05, 0) is 92.5 Å². The highest BCUT2D eigenvalue weighted by molar-refractivity contribution is 5.54. The Morgan fingerprint density at radius 3 is 1.46 bits per heavy atom. The lowest BCUT2D eigenvalue weighted by atomic mass is 9.83. The lowest BCUT2D eigenvalue weighted by molar-refractivity contribution is 0.581. The molecule has 0 saturated heterocycles. The molecule has 5 heteroatoms. The van der Waals surface area contributed by atoms with Gasteiger partial charge in [-0.2, -0.15) is 0 Å². The van der Waals surface area contributed by atoms with Crippen LogP contribution in [0.2, 0.25) is 0 Å². The van der Waals surface area contributed by atoms with E-state index < -0.39 is 5.41 Å². The molecule has 0 fully saturated rings. The van der Waals surface area contributed by atoms with Crippen molar-refractivity contribution in [1.82, 2.24) is 19.1 Å². The fraction of sp³-hybridized carbons (Fsp3) is 0.471. The minimum atomic E-state index is -0.413. The van der Waals surface area contributed by atoms with Crippen molar-refractivity contribution >= 4 is 5.69 Å². The van der Waals surface area contributed by atoms with Gasteiger partial charge in [0.1, 0.15) is 11.6 Å². The molecule has 0 radical (unpaired) electrons. The van der Waals surface area contributed by atoms with Crippen molar-refractivity contribution in [1.29, 1.82) is 0 Å². The molecule has 208 valence electrons. The molecule has 0 N–H and O–H groups in total. The van der Waals surface area contributed by atoms with Crippen LogP contribution in [0.1, 0.15) is 94.9 Å². The van der Waals surface area contributed by atoms with Gasteiger partial charge in [-0.1, -0.05) is 41.5 Å². The minimum Gasteiger partial charge on any atom is -0.377 e. The first-order valence-corrected chi connectivity index (χ1v) is 14.0. The Bertz CT molecular complexity index is 1500. The summed E-state index contributed by atoms with van der Waals surface area (Å²) in [5, 5.41) is 0. The standard InChI is InChI=1S/C34H47N5/c1-22-18-28(35-30(19-22)38-16-14-26(23(38)2)32(4,5)6)34(10,11)29-20-25(37(12)13)21-31(36-29)39-17-15-27(24(39)3)33(7,8)9/h14-21H,1-13H3. The maximum atomic E-state index is 5.27. The largest absolute Gasteiger partial charge is 0.377 e. The molecule has 0 aliphatic rings. The van der Waals surface area contributed by atoms with Gasteiger partial charge in [0.2, 0.25) is 0 Å². The monoisotopic (exact) mass is 525 g/mol. The molecule has 4 heterocycles. The van der Waals surface area contributed by atoms with E-state index in [4.69, 9.17) is 9.97 Å². The second-order valence-corrected chi connectivity index (χ2v) is 13.8. The Kier molecular flexibility index (Phi) is 7.12. The van der Waals surface area contributed by atoms with Crippen LogP contribution in [0.4, 0.5) is 5.69 Å². The number of anilines is 1. The molecule has 5 nitrogen and oxygen atoms in total. The average molecular weight is 526 g/mol. The Labute approximate surface area is 235 Å². The van der Waals surface area contributed by atoms with Gasteiger partial charge in [0, 0.05) is 55.0 Å². The fourth-order valence-corrected chi connectivity index (χ4v) is 5.53. The molecular weight excluding hydrogens is 478 g/mol. The highest BCUT2D eigenvalue weighted by Gasteiger charge is 2.30. The van der Waals surface area contributed by atoms with Crippen LogP contribution in [0.3, 0.4) is 0 Å². The number of hydrogen-bond acceptors (Lipinski definition) is 3. The first-order chi connectivity index (χ1) is 17.9. The van der Waals surface area contributed by atoms with Crippen LogP contribution >= 0.6 is 0 Å². The van der Waals surface area contributed by atoms with E-state index >= 15 is 0 Å². The van der Waals surface area contributed by atoms with Crippen molar-refractivity contribution in [2.75, 3.05) is 19.0 Å². The van der Waals surface area contributed by atoms with E-state index in [0.29, 0.717) is 0 Å². The maximum absolute atomic E-state index is 5.27. The van der Waals surface area contributed by atoms with E-state index in [1.807, 2.05) is 0 Å². The summed E-state index contributed by atoms with van der Waals surface area (Å²) < 4.78 is 4.44. The van der Waals surface area contributed by atoms with Crippen LogP contribution in [0, 0.1) is 20.8 Å². The molecule has 4 aromatic rings. The Morgan fingerprint density at radius 1 is 0.615 bits per heavy atom. The Morgan fingerprint density at radius 2 is 1.05 bits per heavy atom. The third-order valence-electron chi connectivity index (χ3n) is 7.94. The fourth-order valence-electron chi connectivity index (χ4n) is 5.53. The van der Waals surface area contributed by atoms with Crippen LogP contribution in [0.25, 0.3) is 11.6 Å². The van der Waals surface area contributed by atoms with E-state index in [1.54, 1.807) is 0 Å². The summed E-state index contributed by atoms with van der Waals surface area (Å²) in [5.41, 5.74) is 9.19. The maximum Gasteiger partial charge on any atom is 0.139 e. The molecule has 0 amide bonds. The third-order valence-corrected chi connectivity index (χ3v) is 7.94. The number of rotatable bonds is 5. The zero-order valence-electron chi connectivity index (χ0n) is 26.4. The van der Waals surface area contributed by atoms with Crippen molar-refractivity contribution in [3.63, 3.8) is 0 Å². The molecule has 0 aliphatic heterocycles. The molecule has 0 atom stereocenters. The zero-order chi connectivity index (χ0) is 29.1. The van der Waals surface area contributed by atoms with Crippen LogP contribution in [0.5, 0.6) is 0 Å². The van der Waals surface area contributed by atoms with Crippen molar-refractivity contribution in [2.45, 2.75) is 92.4 Å². The smallest absolute Gasteiger partial charge is 0.139 e. The summed E-state index contributed by atoms with van der Waals surface area (Å²) in [5.74, 6) is 1.88. The second kappa shape index (κ2) is 9.69. The molecule has 0 aromatic carbocycles. The molecule has 39 heavy (non-hydrogen) atoms. The van der Waals surface area contributed by atoms with E-state index in [-0.39, 0.29) is 10.8 Å². The van der Waals surface area contributed by atoms with E-state index in [2.05, 4.69) is 153 Å². The van der Waals surface area contributed by atoms with Crippen molar-refractivity contribution < 1.29 is 0 Å². The van der Waals surface area contributed by atoms with Gasteiger partial charge in [-0.15, -0.1) is 0 Å². The Hall–Kier alpha value is -3.34. The van der Waals surface area contributed by atoms with E-state index in [0.717, 1.165) is 28.7 Å². The average Bonchev–Trinajstić information content (AvgIpc) is 3.40. The van der Waals surface area contributed by atoms with E-state index in [1.165, 1.54) is 28.1 Å². The summed E-state index contributed by atoms with van der Waals surface area (Å²) in [7, 11) is 4.17. The topological polar surface area (TPSA) is 38.9 Å². The minimum absolute atomic E-state index is 0.0714. The van der Waals surface area contributed by atoms with Gasteiger partial charge in [0.05, 0.1) is 11.4 Å². The van der Waals surface area contributed by atoms with Gasteiger partial charge >= 0.3 is 0 Å². The number of nitrogens with zero attached hydrogens (tertiary/aromatic N) is 5. The van der Waals surface area contributed by atoms with Gasteiger partial charge in [0.15, 0.2) is 0 Å². The van der Waals surface area contributed by atoms with Crippen LogP contribution in [0.15, 0.2) is 48.8 Å². The molecule has 0 saturated carbocycles. The summed E-state index contributed by atoms with van der Waals surface area (Å²) in [4.78, 5) is 12.7. The number of hydrogen-bond donors (Lipinski definition) is 0. The molecule has 0 spiro atoms. The molecule has 4 rings (SSSR count). The lowest BCUT2D eigenvalue weighted by Crippen LogP contribution is -2.25. The van der Waals surface area contributed by atoms with Gasteiger partial charge in [0.25, 0.3) is 0 Å². The quantitative estimate of drug-likeness (QED) is 0.265. The van der Waals surface area contributed by atoms with Gasteiger partial charge < -0.3 is 14.0 Å². The zero-order valence-corrected chi connectivity index (χ0v) is 26.4. The van der Waals surface area contributed by atoms with Gasteiger partial charge in [-0.3, -0.25) is 0 Å². The summed E-state index contributed by atoms with van der Waals surface area (Å²) >= 11 is 0. The SMILES string of the molecule is Cc1cc(-n2ccc(C(C)(C)C)c2C)nc(C(C)(C)c2cc(N(C)C)cc(-n3ccc(C(C)(C)C)c3C)n2)c1. The van der Waals surface area contributed by atoms with E-state index in [9.17, 15) is 0 Å².